The number of aliphatic hydroxyl groups is 1. The van der Waals surface area contributed by atoms with Crippen molar-refractivity contribution in [2.45, 2.75) is 38.3 Å². The monoisotopic (exact) mass is 323 g/mol. The van der Waals surface area contributed by atoms with Gasteiger partial charge in [-0.3, -0.25) is 4.79 Å². The van der Waals surface area contributed by atoms with E-state index in [0.717, 1.165) is 24.9 Å². The Morgan fingerprint density at radius 3 is 3.00 bits per heavy atom. The van der Waals surface area contributed by atoms with Crippen molar-refractivity contribution >= 4 is 17.5 Å². The summed E-state index contributed by atoms with van der Waals surface area (Å²) < 4.78 is 5.52. The van der Waals surface area contributed by atoms with E-state index in [1.54, 1.807) is 12.1 Å². The van der Waals surface area contributed by atoms with Crippen molar-refractivity contribution in [2.24, 2.45) is 5.92 Å². The molecule has 1 amide bonds. The van der Waals surface area contributed by atoms with Gasteiger partial charge in [0.2, 0.25) is 0 Å². The average molecular weight is 324 g/mol. The molecular formula is C17H22ClNO3. The molecule has 3 atom stereocenters. The third-order valence-corrected chi connectivity index (χ3v) is 5.08. The van der Waals surface area contributed by atoms with Crippen molar-refractivity contribution in [1.82, 2.24) is 4.90 Å². The standard InChI is InChI=1S/C17H22ClNO3/c1-11-4-5-12(18)9-13(11)17(21)19-7-2-3-15(19)14-10-22-8-6-16(14)20/h4-5,9,14-16,20H,2-3,6-8,10H2,1H3/t14-,15+,16+/m0/s1. The quantitative estimate of drug-likeness (QED) is 0.910. The number of halogens is 1. The van der Waals surface area contributed by atoms with Crippen LogP contribution in [0, 0.1) is 12.8 Å². The van der Waals surface area contributed by atoms with Crippen LogP contribution in [-0.4, -0.2) is 47.8 Å². The van der Waals surface area contributed by atoms with Crippen molar-refractivity contribution in [3.63, 3.8) is 0 Å². The predicted molar refractivity (Wildman–Crippen MR) is 85.2 cm³/mol. The normalized spacial score (nSPS) is 28.9. The largest absolute Gasteiger partial charge is 0.393 e. The molecule has 120 valence electrons. The van der Waals surface area contributed by atoms with Crippen molar-refractivity contribution in [1.29, 1.82) is 0 Å². The second-order valence-electron chi connectivity index (χ2n) is 6.26. The van der Waals surface area contributed by atoms with Gasteiger partial charge >= 0.3 is 0 Å². The molecule has 2 aliphatic rings. The van der Waals surface area contributed by atoms with Gasteiger partial charge < -0.3 is 14.7 Å². The van der Waals surface area contributed by atoms with Gasteiger partial charge in [-0.15, -0.1) is 0 Å². The van der Waals surface area contributed by atoms with E-state index < -0.39 is 0 Å². The van der Waals surface area contributed by atoms with Crippen LogP contribution in [0.3, 0.4) is 0 Å². The van der Waals surface area contributed by atoms with Gasteiger partial charge in [0.25, 0.3) is 5.91 Å². The van der Waals surface area contributed by atoms with E-state index in [4.69, 9.17) is 16.3 Å². The lowest BCUT2D eigenvalue weighted by Gasteiger charge is -2.37. The topological polar surface area (TPSA) is 49.8 Å². The van der Waals surface area contributed by atoms with Gasteiger partial charge in [-0.05, 0) is 43.9 Å². The molecule has 3 rings (SSSR count). The maximum Gasteiger partial charge on any atom is 0.254 e. The minimum Gasteiger partial charge on any atom is -0.393 e. The summed E-state index contributed by atoms with van der Waals surface area (Å²) in [6, 6.07) is 5.47. The van der Waals surface area contributed by atoms with Gasteiger partial charge in [-0.25, -0.2) is 0 Å². The summed E-state index contributed by atoms with van der Waals surface area (Å²) in [5.41, 5.74) is 1.59. The van der Waals surface area contributed by atoms with Crippen molar-refractivity contribution < 1.29 is 14.6 Å². The van der Waals surface area contributed by atoms with E-state index in [1.165, 1.54) is 0 Å². The molecule has 0 saturated carbocycles. The molecule has 2 aliphatic heterocycles. The Balaban J connectivity index is 1.83. The number of benzene rings is 1. The highest BCUT2D eigenvalue weighted by Crippen LogP contribution is 2.31. The maximum atomic E-state index is 12.9. The number of rotatable bonds is 2. The minimum absolute atomic E-state index is 0.0136. The lowest BCUT2D eigenvalue weighted by molar-refractivity contribution is -0.0589. The zero-order chi connectivity index (χ0) is 15.7. The summed E-state index contributed by atoms with van der Waals surface area (Å²) in [5, 5.41) is 10.8. The summed E-state index contributed by atoms with van der Waals surface area (Å²) in [4.78, 5) is 14.8. The Hall–Kier alpha value is -1.10. The molecule has 22 heavy (non-hydrogen) atoms. The molecule has 4 nitrogen and oxygen atoms in total. The smallest absolute Gasteiger partial charge is 0.254 e. The first kappa shape index (κ1) is 15.8. The van der Waals surface area contributed by atoms with Crippen LogP contribution in [0.2, 0.25) is 5.02 Å². The first-order valence-electron chi connectivity index (χ1n) is 7.91. The van der Waals surface area contributed by atoms with Crippen LogP contribution in [0.25, 0.3) is 0 Å². The summed E-state index contributed by atoms with van der Waals surface area (Å²) in [6.07, 6.45) is 2.17. The van der Waals surface area contributed by atoms with Crippen LogP contribution in [0.4, 0.5) is 0 Å². The number of ether oxygens (including phenoxy) is 1. The first-order valence-corrected chi connectivity index (χ1v) is 8.28. The SMILES string of the molecule is Cc1ccc(Cl)cc1C(=O)N1CCC[C@@H]1[C@@H]1COCC[C@H]1O. The fourth-order valence-corrected chi connectivity index (χ4v) is 3.76. The minimum atomic E-state index is -0.382. The van der Waals surface area contributed by atoms with Crippen LogP contribution in [-0.2, 0) is 4.74 Å². The molecule has 1 aromatic rings. The van der Waals surface area contributed by atoms with Crippen LogP contribution < -0.4 is 0 Å². The molecule has 1 aromatic carbocycles. The van der Waals surface area contributed by atoms with E-state index in [2.05, 4.69) is 0 Å². The number of hydrogen-bond donors (Lipinski definition) is 1. The average Bonchev–Trinajstić information content (AvgIpc) is 2.99. The van der Waals surface area contributed by atoms with Gasteiger partial charge in [-0.2, -0.15) is 0 Å². The van der Waals surface area contributed by atoms with Gasteiger partial charge in [0.15, 0.2) is 0 Å². The third-order valence-electron chi connectivity index (χ3n) is 4.85. The molecular weight excluding hydrogens is 302 g/mol. The number of carbonyl (C=O) groups is 1. The highest BCUT2D eigenvalue weighted by atomic mass is 35.5. The second kappa shape index (κ2) is 6.57. The zero-order valence-electron chi connectivity index (χ0n) is 12.8. The van der Waals surface area contributed by atoms with Crippen LogP contribution in [0.15, 0.2) is 18.2 Å². The predicted octanol–water partition coefficient (Wildman–Crippen LogP) is 2.65. The van der Waals surface area contributed by atoms with Gasteiger partial charge in [0.1, 0.15) is 0 Å². The lowest BCUT2D eigenvalue weighted by Crippen LogP contribution is -2.48. The van der Waals surface area contributed by atoms with Crippen LogP contribution >= 0.6 is 11.6 Å². The molecule has 2 heterocycles. The molecule has 0 bridgehead atoms. The summed E-state index contributed by atoms with van der Waals surface area (Å²) in [6.45, 7) is 3.79. The van der Waals surface area contributed by atoms with Crippen molar-refractivity contribution in [2.75, 3.05) is 19.8 Å². The Morgan fingerprint density at radius 1 is 1.41 bits per heavy atom. The molecule has 0 unspecified atom stereocenters. The zero-order valence-corrected chi connectivity index (χ0v) is 13.6. The Morgan fingerprint density at radius 2 is 2.23 bits per heavy atom. The fourth-order valence-electron chi connectivity index (χ4n) is 3.59. The number of nitrogens with zero attached hydrogens (tertiary/aromatic N) is 1. The van der Waals surface area contributed by atoms with Crippen LogP contribution in [0.1, 0.15) is 35.2 Å². The summed E-state index contributed by atoms with van der Waals surface area (Å²) in [5.74, 6) is 0.0277. The number of aliphatic hydroxyl groups excluding tert-OH is 1. The number of carbonyl (C=O) groups excluding carboxylic acids is 1. The van der Waals surface area contributed by atoms with Gasteiger partial charge in [-0.1, -0.05) is 17.7 Å². The maximum absolute atomic E-state index is 12.9. The van der Waals surface area contributed by atoms with E-state index >= 15 is 0 Å². The third kappa shape index (κ3) is 3.00. The number of likely N-dealkylation sites (tertiary alicyclic amines) is 1. The molecule has 1 N–H and O–H groups in total. The fraction of sp³-hybridized carbons (Fsp3) is 0.588. The molecule has 2 fully saturated rings. The van der Waals surface area contributed by atoms with Crippen molar-refractivity contribution in [3.05, 3.63) is 34.3 Å². The molecule has 0 spiro atoms. The Bertz CT molecular complexity index is 563. The first-order chi connectivity index (χ1) is 10.6. The van der Waals surface area contributed by atoms with E-state index in [9.17, 15) is 9.90 Å². The lowest BCUT2D eigenvalue weighted by atomic mass is 9.89. The van der Waals surface area contributed by atoms with Crippen LogP contribution in [0.5, 0.6) is 0 Å². The molecule has 0 aliphatic carbocycles. The Labute approximate surface area is 136 Å². The Kier molecular flexibility index (Phi) is 4.71. The number of hydrogen-bond acceptors (Lipinski definition) is 3. The van der Waals surface area contributed by atoms with Gasteiger partial charge in [0.05, 0.1) is 12.7 Å². The highest BCUT2D eigenvalue weighted by Gasteiger charge is 2.40. The van der Waals surface area contributed by atoms with E-state index in [0.29, 0.717) is 30.2 Å². The summed E-state index contributed by atoms with van der Waals surface area (Å²) >= 11 is 6.05. The molecule has 0 aromatic heterocycles. The molecule has 5 heteroatoms. The van der Waals surface area contributed by atoms with E-state index in [-0.39, 0.29) is 24.0 Å². The second-order valence-corrected chi connectivity index (χ2v) is 6.70. The molecule has 2 saturated heterocycles. The van der Waals surface area contributed by atoms with Gasteiger partial charge in [0, 0.05) is 35.7 Å². The summed E-state index contributed by atoms with van der Waals surface area (Å²) in [7, 11) is 0. The molecule has 0 radical (unpaired) electrons. The highest BCUT2D eigenvalue weighted by molar-refractivity contribution is 6.31. The van der Waals surface area contributed by atoms with Crippen molar-refractivity contribution in [3.8, 4) is 0 Å². The van der Waals surface area contributed by atoms with E-state index in [1.807, 2.05) is 17.9 Å². The number of aryl methyl sites for hydroxylation is 1. The number of amides is 1.